The summed E-state index contributed by atoms with van der Waals surface area (Å²) < 4.78 is 37.4. The van der Waals surface area contributed by atoms with Crippen molar-refractivity contribution in [3.05, 3.63) is 65.5 Å². The van der Waals surface area contributed by atoms with Crippen molar-refractivity contribution >= 4 is 15.9 Å². The summed E-state index contributed by atoms with van der Waals surface area (Å²) in [7, 11) is -1.91. The van der Waals surface area contributed by atoms with Crippen molar-refractivity contribution in [3.63, 3.8) is 0 Å². The highest BCUT2D eigenvalue weighted by Crippen LogP contribution is 2.20. The Labute approximate surface area is 193 Å². The highest BCUT2D eigenvalue weighted by Gasteiger charge is 2.26. The Balaban J connectivity index is 1.36. The quantitative estimate of drug-likeness (QED) is 0.522. The first kappa shape index (κ1) is 23.1. The highest BCUT2D eigenvalue weighted by molar-refractivity contribution is 7.89. The number of carbonyl (C=O) groups is 1. The van der Waals surface area contributed by atoms with E-state index in [0.29, 0.717) is 56.5 Å². The summed E-state index contributed by atoms with van der Waals surface area (Å²) in [6.07, 6.45) is 0.432. The summed E-state index contributed by atoms with van der Waals surface area (Å²) in [6, 6.07) is 13.8. The van der Waals surface area contributed by atoms with Crippen LogP contribution in [-0.4, -0.2) is 73.6 Å². The number of sulfonamides is 1. The maximum atomic E-state index is 12.8. The van der Waals surface area contributed by atoms with Gasteiger partial charge in [-0.3, -0.25) is 4.79 Å². The lowest BCUT2D eigenvalue weighted by Gasteiger charge is -2.26. The summed E-state index contributed by atoms with van der Waals surface area (Å²) in [6.45, 7) is 3.80. The van der Waals surface area contributed by atoms with Gasteiger partial charge in [-0.05, 0) is 43.3 Å². The van der Waals surface area contributed by atoms with E-state index >= 15 is 0 Å². The number of ether oxygens (including phenoxy) is 1. The smallest absolute Gasteiger partial charge is 0.257 e. The van der Waals surface area contributed by atoms with E-state index in [1.54, 1.807) is 11.9 Å². The third kappa shape index (κ3) is 5.29. The molecule has 0 atom stereocenters. The molecule has 0 bridgehead atoms. The molecule has 2 heterocycles. The van der Waals surface area contributed by atoms with Crippen molar-refractivity contribution in [2.45, 2.75) is 18.2 Å². The van der Waals surface area contributed by atoms with Crippen LogP contribution in [0.1, 0.15) is 21.7 Å². The number of carbonyl (C=O) groups excluding carboxylic acids is 1. The van der Waals surface area contributed by atoms with E-state index in [1.165, 1.54) is 28.6 Å². The Bertz CT molecular complexity index is 1220. The maximum Gasteiger partial charge on any atom is 0.257 e. The number of rotatable bonds is 7. The van der Waals surface area contributed by atoms with Crippen LogP contribution in [0.15, 0.2) is 57.9 Å². The molecule has 0 saturated carbocycles. The third-order valence-electron chi connectivity index (χ3n) is 5.46. The van der Waals surface area contributed by atoms with Crippen LogP contribution in [0.25, 0.3) is 11.5 Å². The molecule has 2 aromatic carbocycles. The van der Waals surface area contributed by atoms with Crippen LogP contribution in [0.2, 0.25) is 0 Å². The second-order valence-electron chi connectivity index (χ2n) is 7.90. The Hall–Kier alpha value is -3.08. The minimum absolute atomic E-state index is 0.166. The van der Waals surface area contributed by atoms with Crippen molar-refractivity contribution in [2.75, 3.05) is 39.9 Å². The van der Waals surface area contributed by atoms with E-state index in [-0.39, 0.29) is 10.8 Å². The number of morpholine rings is 1. The molecule has 3 aromatic rings. The molecule has 1 aliphatic heterocycles. The second-order valence-corrected chi connectivity index (χ2v) is 9.84. The topological polar surface area (TPSA) is 106 Å². The molecular weight excluding hydrogens is 444 g/mol. The fraction of sp³-hybridized carbons (Fsp3) is 0.348. The molecule has 0 N–H and O–H groups in total. The predicted molar refractivity (Wildman–Crippen MR) is 121 cm³/mol. The maximum absolute atomic E-state index is 12.8. The molecule has 4 rings (SSSR count). The van der Waals surface area contributed by atoms with Crippen LogP contribution < -0.4 is 0 Å². The summed E-state index contributed by atoms with van der Waals surface area (Å²) in [5.74, 6) is 0.741. The number of hydrogen-bond donors (Lipinski definition) is 0. The lowest BCUT2D eigenvalue weighted by molar-refractivity contribution is 0.0730. The Morgan fingerprint density at radius 1 is 1.12 bits per heavy atom. The summed E-state index contributed by atoms with van der Waals surface area (Å²) in [5, 5.41) is 4.00. The first-order valence-corrected chi connectivity index (χ1v) is 12.1. The fourth-order valence-corrected chi connectivity index (χ4v) is 4.95. The van der Waals surface area contributed by atoms with Crippen LogP contribution in [0.3, 0.4) is 0 Å². The fourth-order valence-electron chi connectivity index (χ4n) is 3.55. The lowest BCUT2D eigenvalue weighted by Crippen LogP contribution is -2.40. The molecule has 0 spiro atoms. The van der Waals surface area contributed by atoms with Gasteiger partial charge in [0.2, 0.25) is 10.0 Å². The molecule has 10 heteroatoms. The van der Waals surface area contributed by atoms with Gasteiger partial charge in [-0.15, -0.1) is 0 Å². The zero-order chi connectivity index (χ0) is 23.4. The monoisotopic (exact) mass is 470 g/mol. The minimum atomic E-state index is -3.59. The van der Waals surface area contributed by atoms with Gasteiger partial charge in [0.15, 0.2) is 5.82 Å². The number of nitrogens with zero attached hydrogens (tertiary/aromatic N) is 4. The van der Waals surface area contributed by atoms with Gasteiger partial charge >= 0.3 is 0 Å². The Morgan fingerprint density at radius 3 is 2.55 bits per heavy atom. The van der Waals surface area contributed by atoms with Gasteiger partial charge in [0.05, 0.1) is 18.1 Å². The van der Waals surface area contributed by atoms with E-state index in [0.717, 1.165) is 11.1 Å². The SMILES string of the molecule is Cc1cccc(-c2nc(CCN(C)C(=O)c3ccc(S(=O)(=O)N4CCOCC4)cc3)no2)c1. The molecule has 33 heavy (non-hydrogen) atoms. The zero-order valence-corrected chi connectivity index (χ0v) is 19.4. The van der Waals surface area contributed by atoms with Gasteiger partial charge in [-0.1, -0.05) is 22.9 Å². The molecule has 1 aliphatic rings. The van der Waals surface area contributed by atoms with E-state index in [9.17, 15) is 13.2 Å². The van der Waals surface area contributed by atoms with E-state index in [2.05, 4.69) is 10.1 Å². The van der Waals surface area contributed by atoms with Crippen LogP contribution in [0.4, 0.5) is 0 Å². The lowest BCUT2D eigenvalue weighted by atomic mass is 10.1. The highest BCUT2D eigenvalue weighted by atomic mass is 32.2. The van der Waals surface area contributed by atoms with Crippen LogP contribution in [0.5, 0.6) is 0 Å². The van der Waals surface area contributed by atoms with Gasteiger partial charge in [0.25, 0.3) is 11.8 Å². The molecule has 1 aromatic heterocycles. The first-order chi connectivity index (χ1) is 15.8. The molecule has 1 fully saturated rings. The Morgan fingerprint density at radius 2 is 1.85 bits per heavy atom. The van der Waals surface area contributed by atoms with Crippen molar-refractivity contribution in [3.8, 4) is 11.5 Å². The number of aryl methyl sites for hydroxylation is 1. The normalized spacial score (nSPS) is 14.8. The largest absolute Gasteiger partial charge is 0.379 e. The standard InChI is InChI=1S/C23H26N4O5S/c1-17-4-3-5-19(16-17)22-24-21(25-32-22)10-11-26(2)23(28)18-6-8-20(9-7-18)33(29,30)27-12-14-31-15-13-27/h3-9,16H,10-15H2,1-2H3. The van der Waals surface area contributed by atoms with Gasteiger partial charge in [-0.2, -0.15) is 9.29 Å². The Kier molecular flexibility index (Phi) is 6.87. The molecule has 9 nitrogen and oxygen atoms in total. The zero-order valence-electron chi connectivity index (χ0n) is 18.6. The molecule has 174 valence electrons. The van der Waals surface area contributed by atoms with Crippen LogP contribution in [-0.2, 0) is 21.2 Å². The molecule has 0 unspecified atom stereocenters. The summed E-state index contributed by atoms with van der Waals surface area (Å²) in [4.78, 5) is 18.9. The number of benzene rings is 2. The number of aromatic nitrogens is 2. The molecular formula is C23H26N4O5S. The van der Waals surface area contributed by atoms with Gasteiger partial charge in [0, 0.05) is 44.2 Å². The number of amides is 1. The van der Waals surface area contributed by atoms with Gasteiger partial charge < -0.3 is 14.2 Å². The van der Waals surface area contributed by atoms with E-state index in [4.69, 9.17) is 9.26 Å². The molecule has 1 saturated heterocycles. The summed E-state index contributed by atoms with van der Waals surface area (Å²) >= 11 is 0. The van der Waals surface area contributed by atoms with Gasteiger partial charge in [0.1, 0.15) is 0 Å². The first-order valence-electron chi connectivity index (χ1n) is 10.7. The van der Waals surface area contributed by atoms with Crippen LogP contribution >= 0.6 is 0 Å². The van der Waals surface area contributed by atoms with E-state index in [1.807, 2.05) is 31.2 Å². The molecule has 0 radical (unpaired) electrons. The van der Waals surface area contributed by atoms with E-state index < -0.39 is 10.0 Å². The van der Waals surface area contributed by atoms with Crippen LogP contribution in [0, 0.1) is 6.92 Å². The second kappa shape index (κ2) is 9.82. The van der Waals surface area contributed by atoms with Gasteiger partial charge in [-0.25, -0.2) is 8.42 Å². The van der Waals surface area contributed by atoms with Crippen molar-refractivity contribution < 1.29 is 22.5 Å². The predicted octanol–water partition coefficient (Wildman–Crippen LogP) is 2.38. The van der Waals surface area contributed by atoms with Crippen molar-refractivity contribution in [1.29, 1.82) is 0 Å². The minimum Gasteiger partial charge on any atom is -0.379 e. The average Bonchev–Trinajstić information content (AvgIpc) is 3.32. The average molecular weight is 471 g/mol. The molecule has 0 aliphatic carbocycles. The summed E-state index contributed by atoms with van der Waals surface area (Å²) in [5.41, 5.74) is 2.36. The molecule has 1 amide bonds. The van der Waals surface area contributed by atoms with Crippen molar-refractivity contribution in [2.24, 2.45) is 0 Å². The van der Waals surface area contributed by atoms with Crippen molar-refractivity contribution in [1.82, 2.24) is 19.3 Å². The number of likely N-dealkylation sites (N-methyl/N-ethyl adjacent to an activating group) is 1. The third-order valence-corrected chi connectivity index (χ3v) is 7.37. The number of hydrogen-bond acceptors (Lipinski definition) is 7.